The highest BCUT2D eigenvalue weighted by Crippen LogP contribution is 2.46. The summed E-state index contributed by atoms with van der Waals surface area (Å²) in [6.45, 7) is 1.70. The second-order valence-electron chi connectivity index (χ2n) is 4.49. The van der Waals surface area contributed by atoms with Gasteiger partial charge in [0.05, 0.1) is 10.4 Å². The molecule has 0 bridgehead atoms. The third-order valence-corrected chi connectivity index (χ3v) is 3.52. The lowest BCUT2D eigenvalue weighted by molar-refractivity contribution is -0.384. The number of aryl methyl sites for hydroxylation is 1. The van der Waals surface area contributed by atoms with Crippen LogP contribution in [0.1, 0.15) is 18.5 Å². The molecule has 1 fully saturated rings. The largest absolute Gasteiger partial charge is 0.288 e. The molecule has 0 radical (unpaired) electrons. The van der Waals surface area contributed by atoms with E-state index in [1.54, 1.807) is 6.92 Å². The number of nitro groups is 1. The van der Waals surface area contributed by atoms with Crippen molar-refractivity contribution < 1.29 is 9.31 Å². The highest BCUT2D eigenvalue weighted by Gasteiger charge is 2.47. The average molecular weight is 270 g/mol. The van der Waals surface area contributed by atoms with Crippen molar-refractivity contribution in [2.75, 3.05) is 0 Å². The van der Waals surface area contributed by atoms with Gasteiger partial charge in [0.1, 0.15) is 5.02 Å². The van der Waals surface area contributed by atoms with Crippen LogP contribution >= 0.6 is 11.6 Å². The van der Waals surface area contributed by atoms with Crippen LogP contribution in [0.3, 0.4) is 0 Å². The average Bonchev–Trinajstić information content (AvgIpc) is 2.95. The number of hydrogen-bond donors (Lipinski definition) is 0. The molecule has 0 N–H and O–H groups in total. The van der Waals surface area contributed by atoms with Gasteiger partial charge < -0.3 is 0 Å². The third kappa shape index (κ3) is 1.49. The Bertz CT molecular complexity index is 678. The fraction of sp³-hybridized carbons (Fsp3) is 0.364. The lowest BCUT2D eigenvalue weighted by Crippen LogP contribution is -2.13. The van der Waals surface area contributed by atoms with Gasteiger partial charge in [0.25, 0.3) is 5.69 Å². The normalized spacial score (nSPS) is 17.1. The Hall–Kier alpha value is -1.69. The first-order valence-corrected chi connectivity index (χ1v) is 5.83. The topological polar surface area (TPSA) is 61.0 Å². The molecule has 1 aromatic carbocycles. The molecule has 7 heteroatoms. The minimum absolute atomic E-state index is 0.0147. The van der Waals surface area contributed by atoms with Gasteiger partial charge in [-0.25, -0.2) is 9.07 Å². The van der Waals surface area contributed by atoms with Crippen molar-refractivity contribution in [2.45, 2.75) is 25.6 Å². The number of aromatic nitrogens is 2. The predicted octanol–water partition coefficient (Wildman–Crippen LogP) is 3.32. The first-order valence-electron chi connectivity index (χ1n) is 5.45. The lowest BCUT2D eigenvalue weighted by atomic mass is 10.2. The molecule has 0 aliphatic heterocycles. The Morgan fingerprint density at radius 1 is 1.56 bits per heavy atom. The lowest BCUT2D eigenvalue weighted by Gasteiger charge is -2.06. The maximum Gasteiger partial charge on any atom is 0.288 e. The van der Waals surface area contributed by atoms with Crippen LogP contribution in [-0.4, -0.2) is 14.7 Å². The number of hydrogen-bond acceptors (Lipinski definition) is 3. The smallest absolute Gasteiger partial charge is 0.258 e. The zero-order valence-corrected chi connectivity index (χ0v) is 10.2. The van der Waals surface area contributed by atoms with Crippen LogP contribution in [0.2, 0.25) is 5.02 Å². The number of alkyl halides is 1. The molecule has 5 nitrogen and oxygen atoms in total. The summed E-state index contributed by atoms with van der Waals surface area (Å²) >= 11 is 5.81. The Morgan fingerprint density at radius 3 is 2.78 bits per heavy atom. The molecular weight excluding hydrogens is 261 g/mol. The monoisotopic (exact) mass is 269 g/mol. The molecule has 18 heavy (non-hydrogen) atoms. The van der Waals surface area contributed by atoms with E-state index in [1.807, 2.05) is 0 Å². The first kappa shape index (κ1) is 11.4. The molecule has 0 amide bonds. The number of nitro benzene ring substituents is 1. The van der Waals surface area contributed by atoms with E-state index < -0.39 is 10.7 Å². The number of nitrogens with zero attached hydrogens (tertiary/aromatic N) is 3. The second-order valence-corrected chi connectivity index (χ2v) is 4.90. The summed E-state index contributed by atoms with van der Waals surface area (Å²) in [5.41, 5.74) is 0.882. The van der Waals surface area contributed by atoms with E-state index in [-0.39, 0.29) is 10.7 Å². The van der Waals surface area contributed by atoms with Gasteiger partial charge in [-0.1, -0.05) is 11.6 Å². The first-order chi connectivity index (χ1) is 8.42. The fourth-order valence-corrected chi connectivity index (χ4v) is 2.29. The molecule has 0 atom stereocenters. The number of rotatable bonds is 2. The van der Waals surface area contributed by atoms with Gasteiger partial charge in [0, 0.05) is 30.0 Å². The SMILES string of the molecule is Cc1c2cc([N+](=O)[O-])c(Cl)cc2nn1C1(F)CC1. The van der Waals surface area contributed by atoms with E-state index in [2.05, 4.69) is 5.10 Å². The maximum absolute atomic E-state index is 14.0. The van der Waals surface area contributed by atoms with Gasteiger partial charge in [-0.2, -0.15) is 5.10 Å². The summed E-state index contributed by atoms with van der Waals surface area (Å²) in [5.74, 6) is -1.43. The minimum Gasteiger partial charge on any atom is -0.258 e. The summed E-state index contributed by atoms with van der Waals surface area (Å²) < 4.78 is 15.3. The van der Waals surface area contributed by atoms with Gasteiger partial charge >= 0.3 is 0 Å². The van der Waals surface area contributed by atoms with Gasteiger partial charge in [0.2, 0.25) is 5.79 Å². The molecule has 1 aliphatic rings. The zero-order chi connectivity index (χ0) is 13.1. The van der Waals surface area contributed by atoms with Gasteiger partial charge in [0.15, 0.2) is 0 Å². The van der Waals surface area contributed by atoms with E-state index in [0.717, 1.165) is 0 Å². The molecule has 0 unspecified atom stereocenters. The van der Waals surface area contributed by atoms with Crippen molar-refractivity contribution in [3.63, 3.8) is 0 Å². The van der Waals surface area contributed by atoms with Gasteiger partial charge in [-0.05, 0) is 13.0 Å². The highest BCUT2D eigenvalue weighted by atomic mass is 35.5. The molecule has 94 valence electrons. The van der Waals surface area contributed by atoms with E-state index in [0.29, 0.717) is 29.4 Å². The summed E-state index contributed by atoms with van der Waals surface area (Å²) in [4.78, 5) is 10.3. The van der Waals surface area contributed by atoms with E-state index in [4.69, 9.17) is 11.6 Å². The molecule has 0 saturated heterocycles. The summed E-state index contributed by atoms with van der Waals surface area (Å²) in [6, 6.07) is 2.76. The number of fused-ring (bicyclic) bond motifs is 1. The van der Waals surface area contributed by atoms with Gasteiger partial charge in [-0.3, -0.25) is 10.1 Å². The van der Waals surface area contributed by atoms with Crippen LogP contribution in [0.4, 0.5) is 10.1 Å². The molecular formula is C11H9ClFN3O2. The zero-order valence-electron chi connectivity index (χ0n) is 9.48. The van der Waals surface area contributed by atoms with Crippen molar-refractivity contribution in [1.82, 2.24) is 9.78 Å². The molecule has 1 saturated carbocycles. The summed E-state index contributed by atoms with van der Waals surface area (Å²) in [6.07, 6.45) is 0.856. The Balaban J connectivity index is 2.28. The quantitative estimate of drug-likeness (QED) is 0.621. The van der Waals surface area contributed by atoms with Crippen molar-refractivity contribution in [3.05, 3.63) is 33.0 Å². The summed E-state index contributed by atoms with van der Waals surface area (Å²) in [7, 11) is 0. The number of benzene rings is 1. The molecule has 2 aromatic rings. The van der Waals surface area contributed by atoms with Gasteiger partial charge in [-0.15, -0.1) is 0 Å². The van der Waals surface area contributed by atoms with Crippen molar-refractivity contribution >= 4 is 28.2 Å². The molecule has 1 aliphatic carbocycles. The van der Waals surface area contributed by atoms with Crippen LogP contribution in [0, 0.1) is 17.0 Å². The third-order valence-electron chi connectivity index (χ3n) is 3.22. The fourth-order valence-electron chi connectivity index (χ4n) is 2.07. The predicted molar refractivity (Wildman–Crippen MR) is 64.5 cm³/mol. The Labute approximate surface area is 106 Å². The van der Waals surface area contributed by atoms with Crippen LogP contribution in [0.15, 0.2) is 12.1 Å². The van der Waals surface area contributed by atoms with E-state index >= 15 is 0 Å². The standard InChI is InChI=1S/C11H9ClFN3O2/c1-6-7-4-10(16(17)18)8(12)5-9(7)14-15(6)11(13)2-3-11/h4-5H,2-3H2,1H3. The maximum atomic E-state index is 14.0. The van der Waals surface area contributed by atoms with Crippen molar-refractivity contribution in [2.24, 2.45) is 0 Å². The molecule has 1 heterocycles. The van der Waals surface area contributed by atoms with Crippen LogP contribution in [0.25, 0.3) is 10.9 Å². The van der Waals surface area contributed by atoms with Crippen molar-refractivity contribution in [3.8, 4) is 0 Å². The minimum atomic E-state index is -1.43. The highest BCUT2D eigenvalue weighted by molar-refractivity contribution is 6.33. The number of halogens is 2. The van der Waals surface area contributed by atoms with E-state index in [1.165, 1.54) is 16.8 Å². The molecule has 0 spiro atoms. The Kier molecular flexibility index (Phi) is 2.16. The van der Waals surface area contributed by atoms with E-state index in [9.17, 15) is 14.5 Å². The Morgan fingerprint density at radius 2 is 2.22 bits per heavy atom. The van der Waals surface area contributed by atoms with Crippen molar-refractivity contribution in [1.29, 1.82) is 0 Å². The van der Waals surface area contributed by atoms with Crippen LogP contribution in [0.5, 0.6) is 0 Å². The molecule has 3 rings (SSSR count). The molecule has 1 aromatic heterocycles. The second kappa shape index (κ2) is 3.41. The van der Waals surface area contributed by atoms with Crippen LogP contribution in [-0.2, 0) is 5.79 Å². The summed E-state index contributed by atoms with van der Waals surface area (Å²) in [5, 5.41) is 15.5. The van der Waals surface area contributed by atoms with Crippen LogP contribution < -0.4 is 0 Å².